The van der Waals surface area contributed by atoms with E-state index in [2.05, 4.69) is 10.3 Å². The minimum atomic E-state index is -4.35. The van der Waals surface area contributed by atoms with Crippen LogP contribution in [-0.2, 0) is 12.7 Å². The Labute approximate surface area is 128 Å². The zero-order valence-corrected chi connectivity index (χ0v) is 13.4. The first-order valence-electron chi connectivity index (χ1n) is 7.68. The van der Waals surface area contributed by atoms with Crippen molar-refractivity contribution in [2.45, 2.75) is 77.1 Å². The molecule has 0 bridgehead atoms. The van der Waals surface area contributed by atoms with Gasteiger partial charge in [0.2, 0.25) is 0 Å². The van der Waals surface area contributed by atoms with E-state index in [4.69, 9.17) is 0 Å². The minimum absolute atomic E-state index is 0.162. The first-order chi connectivity index (χ1) is 9.88. The molecule has 0 spiro atoms. The zero-order valence-electron chi connectivity index (χ0n) is 12.6. The summed E-state index contributed by atoms with van der Waals surface area (Å²) in [6, 6.07) is 0.162. The molecule has 1 aliphatic rings. The quantitative estimate of drug-likeness (QED) is 0.781. The van der Waals surface area contributed by atoms with Gasteiger partial charge in [0, 0.05) is 18.5 Å². The molecule has 0 amide bonds. The molecule has 6 heteroatoms. The Hall–Kier alpha value is -0.620. The normalized spacial score (nSPS) is 18.2. The number of thiazole rings is 1. The number of nitrogens with zero attached hydrogens (tertiary/aromatic N) is 1. The molecule has 1 aromatic heterocycles. The lowest BCUT2D eigenvalue weighted by Crippen LogP contribution is -2.23. The monoisotopic (exact) mass is 320 g/mol. The summed E-state index contributed by atoms with van der Waals surface area (Å²) in [5.74, 6) is 0.214. The van der Waals surface area contributed by atoms with Crippen molar-refractivity contribution >= 4 is 11.3 Å². The molecule has 0 aliphatic heterocycles. The van der Waals surface area contributed by atoms with Crippen LogP contribution in [0.15, 0.2) is 0 Å². The van der Waals surface area contributed by atoms with Crippen molar-refractivity contribution < 1.29 is 13.2 Å². The summed E-state index contributed by atoms with van der Waals surface area (Å²) in [5.41, 5.74) is -0.681. The molecule has 0 atom stereocenters. The number of nitrogens with one attached hydrogen (secondary N) is 1. The van der Waals surface area contributed by atoms with Crippen LogP contribution in [0, 0.1) is 0 Å². The zero-order chi connectivity index (χ0) is 15.5. The second kappa shape index (κ2) is 7.09. The molecular formula is C15H23F3N2S. The fourth-order valence-corrected chi connectivity index (χ4v) is 3.91. The number of halogens is 3. The van der Waals surface area contributed by atoms with Gasteiger partial charge in [-0.05, 0) is 12.8 Å². The van der Waals surface area contributed by atoms with Crippen LogP contribution < -0.4 is 5.32 Å². The Morgan fingerprint density at radius 3 is 2.33 bits per heavy atom. The van der Waals surface area contributed by atoms with Crippen LogP contribution in [-0.4, -0.2) is 11.0 Å². The fraction of sp³-hybridized carbons (Fsp3) is 0.800. The third kappa shape index (κ3) is 4.68. The second-order valence-corrected chi connectivity index (χ2v) is 7.16. The number of hydrogen-bond acceptors (Lipinski definition) is 3. The van der Waals surface area contributed by atoms with Gasteiger partial charge >= 0.3 is 6.18 Å². The summed E-state index contributed by atoms with van der Waals surface area (Å²) >= 11 is 1.25. The molecule has 1 aliphatic carbocycles. The van der Waals surface area contributed by atoms with E-state index in [9.17, 15) is 13.2 Å². The Kier molecular flexibility index (Phi) is 5.66. The van der Waals surface area contributed by atoms with E-state index < -0.39 is 11.9 Å². The summed E-state index contributed by atoms with van der Waals surface area (Å²) in [6.45, 7) is 4.11. The molecule has 0 saturated heterocycles. The maximum Gasteiger partial charge on any atom is 0.434 e. The van der Waals surface area contributed by atoms with E-state index in [1.807, 2.05) is 13.8 Å². The average molecular weight is 320 g/mol. The molecular weight excluding hydrogens is 297 g/mol. The molecule has 1 N–H and O–H groups in total. The lowest BCUT2D eigenvalue weighted by molar-refractivity contribution is -0.141. The Balaban J connectivity index is 2.22. The fourth-order valence-electron chi connectivity index (χ4n) is 2.71. The smallest absolute Gasteiger partial charge is 0.310 e. The molecule has 1 fully saturated rings. The van der Waals surface area contributed by atoms with Gasteiger partial charge in [0.05, 0.1) is 9.88 Å². The molecule has 1 saturated carbocycles. The second-order valence-electron chi connectivity index (χ2n) is 6.05. The van der Waals surface area contributed by atoms with Crippen LogP contribution >= 0.6 is 11.3 Å². The molecule has 0 unspecified atom stereocenters. The highest BCUT2D eigenvalue weighted by molar-refractivity contribution is 7.11. The van der Waals surface area contributed by atoms with E-state index >= 15 is 0 Å². The van der Waals surface area contributed by atoms with Gasteiger partial charge in [0.25, 0.3) is 0 Å². The van der Waals surface area contributed by atoms with E-state index in [0.29, 0.717) is 9.88 Å². The van der Waals surface area contributed by atoms with Crippen LogP contribution in [0.3, 0.4) is 0 Å². The lowest BCUT2D eigenvalue weighted by Gasteiger charge is -2.09. The number of aromatic nitrogens is 1. The summed E-state index contributed by atoms with van der Waals surface area (Å²) in [5, 5.41) is 3.76. The Morgan fingerprint density at radius 1 is 1.19 bits per heavy atom. The molecule has 0 radical (unpaired) electrons. The van der Waals surface area contributed by atoms with Gasteiger partial charge in [-0.3, -0.25) is 0 Å². The molecule has 120 valence electrons. The van der Waals surface area contributed by atoms with Crippen molar-refractivity contribution in [3.63, 3.8) is 0 Å². The van der Waals surface area contributed by atoms with E-state index in [0.717, 1.165) is 25.7 Å². The van der Waals surface area contributed by atoms with Crippen LogP contribution in [0.25, 0.3) is 0 Å². The van der Waals surface area contributed by atoms with E-state index in [-0.39, 0.29) is 18.5 Å². The van der Waals surface area contributed by atoms with Gasteiger partial charge in [-0.15, -0.1) is 11.3 Å². The van der Waals surface area contributed by atoms with Gasteiger partial charge in [-0.25, -0.2) is 4.98 Å². The highest BCUT2D eigenvalue weighted by atomic mass is 32.1. The third-order valence-corrected chi connectivity index (χ3v) is 5.08. The number of alkyl halides is 3. The third-order valence-electron chi connectivity index (χ3n) is 3.86. The predicted octanol–water partition coefficient (Wildman–Crippen LogP) is 5.10. The van der Waals surface area contributed by atoms with Gasteiger partial charge in [0.15, 0.2) is 5.69 Å². The molecule has 1 heterocycles. The van der Waals surface area contributed by atoms with Crippen molar-refractivity contribution in [1.82, 2.24) is 10.3 Å². The minimum Gasteiger partial charge on any atom is -0.310 e. The highest BCUT2D eigenvalue weighted by Crippen LogP contribution is 2.40. The van der Waals surface area contributed by atoms with Crippen molar-refractivity contribution in [3.05, 3.63) is 15.6 Å². The van der Waals surface area contributed by atoms with Gasteiger partial charge in [0.1, 0.15) is 0 Å². The molecule has 2 nitrogen and oxygen atoms in total. The average Bonchev–Trinajstić information content (AvgIpc) is 2.64. The summed E-state index contributed by atoms with van der Waals surface area (Å²) in [4.78, 5) is 4.31. The SMILES string of the molecule is CC(C)NCc1sc(C2CCCCCC2)nc1C(F)(F)F. The van der Waals surface area contributed by atoms with Gasteiger partial charge < -0.3 is 5.32 Å². The number of rotatable bonds is 4. The van der Waals surface area contributed by atoms with Crippen LogP contribution in [0.1, 0.15) is 73.9 Å². The topological polar surface area (TPSA) is 24.9 Å². The lowest BCUT2D eigenvalue weighted by atomic mass is 10.0. The highest BCUT2D eigenvalue weighted by Gasteiger charge is 2.38. The molecule has 21 heavy (non-hydrogen) atoms. The summed E-state index contributed by atoms with van der Waals surface area (Å²) in [7, 11) is 0. The Morgan fingerprint density at radius 2 is 1.81 bits per heavy atom. The predicted molar refractivity (Wildman–Crippen MR) is 79.5 cm³/mol. The maximum atomic E-state index is 13.1. The first-order valence-corrected chi connectivity index (χ1v) is 8.49. The van der Waals surface area contributed by atoms with Crippen LogP contribution in [0.4, 0.5) is 13.2 Å². The summed E-state index contributed by atoms with van der Waals surface area (Å²) in [6.07, 6.45) is 2.18. The van der Waals surface area contributed by atoms with Gasteiger partial charge in [-0.1, -0.05) is 39.5 Å². The number of hydrogen-bond donors (Lipinski definition) is 1. The van der Waals surface area contributed by atoms with Crippen molar-refractivity contribution in [2.24, 2.45) is 0 Å². The van der Waals surface area contributed by atoms with Crippen LogP contribution in [0.2, 0.25) is 0 Å². The van der Waals surface area contributed by atoms with Gasteiger partial charge in [-0.2, -0.15) is 13.2 Å². The largest absolute Gasteiger partial charge is 0.434 e. The first kappa shape index (κ1) is 16.7. The van der Waals surface area contributed by atoms with Crippen molar-refractivity contribution in [2.75, 3.05) is 0 Å². The van der Waals surface area contributed by atoms with Crippen molar-refractivity contribution in [1.29, 1.82) is 0 Å². The van der Waals surface area contributed by atoms with E-state index in [1.54, 1.807) is 0 Å². The standard InChI is InChI=1S/C15H23F3N2S/c1-10(2)19-9-12-13(15(16,17)18)20-14(21-12)11-7-5-3-4-6-8-11/h10-11,19H,3-9H2,1-2H3. The molecule has 2 rings (SSSR count). The summed E-state index contributed by atoms with van der Waals surface area (Å²) < 4.78 is 39.4. The van der Waals surface area contributed by atoms with Crippen molar-refractivity contribution in [3.8, 4) is 0 Å². The maximum absolute atomic E-state index is 13.1. The van der Waals surface area contributed by atoms with E-state index in [1.165, 1.54) is 24.2 Å². The molecule has 0 aromatic carbocycles. The van der Waals surface area contributed by atoms with Crippen LogP contribution in [0.5, 0.6) is 0 Å². The molecule has 1 aromatic rings. The Bertz CT molecular complexity index is 446.